The molecule has 1 saturated heterocycles. The number of carbonyl (C=O) groups excluding carboxylic acids is 2. The Balaban J connectivity index is 1.99. The molecule has 0 radical (unpaired) electrons. The van der Waals surface area contributed by atoms with Crippen LogP contribution in [-0.2, 0) is 9.59 Å². The van der Waals surface area contributed by atoms with Gasteiger partial charge in [-0.2, -0.15) is 0 Å². The minimum absolute atomic E-state index is 0.126. The summed E-state index contributed by atoms with van der Waals surface area (Å²) in [5.41, 5.74) is 0.395. The summed E-state index contributed by atoms with van der Waals surface area (Å²) in [6, 6.07) is 5.13. The molecule has 0 aromatic heterocycles. The molecule has 1 atom stereocenters. The van der Waals surface area contributed by atoms with E-state index in [1.165, 1.54) is 18.2 Å². The van der Waals surface area contributed by atoms with Crippen molar-refractivity contribution in [2.45, 2.75) is 18.9 Å². The number of nitrogens with one attached hydrogen (secondary N) is 2. The third-order valence-electron chi connectivity index (χ3n) is 2.40. The van der Waals surface area contributed by atoms with Gasteiger partial charge in [0.05, 0.1) is 0 Å². The quantitative estimate of drug-likeness (QED) is 0.785. The highest BCUT2D eigenvalue weighted by Crippen LogP contribution is 2.12. The van der Waals surface area contributed by atoms with Crippen LogP contribution in [-0.4, -0.2) is 17.9 Å². The van der Waals surface area contributed by atoms with Crippen LogP contribution in [0.15, 0.2) is 24.3 Å². The number of hydrogen-bond acceptors (Lipinski definition) is 2. The van der Waals surface area contributed by atoms with Crippen LogP contribution in [0.5, 0.6) is 0 Å². The van der Waals surface area contributed by atoms with Gasteiger partial charge in [0.1, 0.15) is 11.9 Å². The van der Waals surface area contributed by atoms with Crippen molar-refractivity contribution in [3.63, 3.8) is 0 Å². The molecular weight excluding hydrogens is 211 g/mol. The van der Waals surface area contributed by atoms with E-state index in [-0.39, 0.29) is 11.8 Å². The molecule has 84 valence electrons. The first-order valence-electron chi connectivity index (χ1n) is 5.01. The van der Waals surface area contributed by atoms with Crippen LogP contribution in [0.1, 0.15) is 12.8 Å². The van der Waals surface area contributed by atoms with Gasteiger partial charge in [0.25, 0.3) is 0 Å². The van der Waals surface area contributed by atoms with Crippen LogP contribution in [0, 0.1) is 5.82 Å². The molecule has 1 aromatic rings. The van der Waals surface area contributed by atoms with Gasteiger partial charge in [-0.1, -0.05) is 6.07 Å². The zero-order chi connectivity index (χ0) is 11.5. The predicted molar refractivity (Wildman–Crippen MR) is 56.2 cm³/mol. The Labute approximate surface area is 91.8 Å². The number of halogens is 1. The Hall–Kier alpha value is -1.91. The van der Waals surface area contributed by atoms with Gasteiger partial charge >= 0.3 is 0 Å². The molecule has 1 aromatic carbocycles. The van der Waals surface area contributed by atoms with Crippen molar-refractivity contribution in [3.05, 3.63) is 30.1 Å². The van der Waals surface area contributed by atoms with Crippen molar-refractivity contribution in [1.82, 2.24) is 5.32 Å². The maximum absolute atomic E-state index is 12.8. The average Bonchev–Trinajstić information content (AvgIpc) is 2.65. The highest BCUT2D eigenvalue weighted by molar-refractivity contribution is 5.98. The number of carbonyl (C=O) groups is 2. The first-order chi connectivity index (χ1) is 7.65. The maximum Gasteiger partial charge on any atom is 0.246 e. The summed E-state index contributed by atoms with van der Waals surface area (Å²) in [5, 5.41) is 5.10. The molecule has 1 fully saturated rings. The van der Waals surface area contributed by atoms with E-state index in [0.29, 0.717) is 18.5 Å². The molecule has 0 bridgehead atoms. The van der Waals surface area contributed by atoms with Crippen LogP contribution < -0.4 is 10.6 Å². The minimum atomic E-state index is -0.504. The highest BCUT2D eigenvalue weighted by Gasteiger charge is 2.26. The largest absolute Gasteiger partial charge is 0.344 e. The van der Waals surface area contributed by atoms with E-state index in [9.17, 15) is 14.0 Å². The molecule has 0 aliphatic carbocycles. The van der Waals surface area contributed by atoms with Gasteiger partial charge in [0, 0.05) is 12.1 Å². The third-order valence-corrected chi connectivity index (χ3v) is 2.40. The Morgan fingerprint density at radius 1 is 1.50 bits per heavy atom. The van der Waals surface area contributed by atoms with Crippen LogP contribution in [0.4, 0.5) is 10.1 Å². The lowest BCUT2D eigenvalue weighted by atomic mass is 10.2. The van der Waals surface area contributed by atoms with E-state index in [2.05, 4.69) is 10.6 Å². The molecule has 1 heterocycles. The minimum Gasteiger partial charge on any atom is -0.344 e. The third kappa shape index (κ3) is 2.36. The predicted octanol–water partition coefficient (Wildman–Crippen LogP) is 1.04. The normalized spacial score (nSPS) is 19.3. The molecule has 2 N–H and O–H groups in total. The van der Waals surface area contributed by atoms with Gasteiger partial charge in [-0.3, -0.25) is 9.59 Å². The fourth-order valence-electron chi connectivity index (χ4n) is 1.61. The molecule has 0 spiro atoms. The van der Waals surface area contributed by atoms with E-state index in [1.807, 2.05) is 0 Å². The van der Waals surface area contributed by atoms with Gasteiger partial charge in [-0.05, 0) is 24.6 Å². The summed E-state index contributed by atoms with van der Waals surface area (Å²) >= 11 is 0. The zero-order valence-electron chi connectivity index (χ0n) is 8.50. The fraction of sp³-hybridized carbons (Fsp3) is 0.273. The summed E-state index contributed by atoms with van der Waals surface area (Å²) in [7, 11) is 0. The van der Waals surface area contributed by atoms with Crippen molar-refractivity contribution < 1.29 is 14.0 Å². The van der Waals surface area contributed by atoms with E-state index in [0.717, 1.165) is 0 Å². The second-order valence-corrected chi connectivity index (χ2v) is 3.66. The van der Waals surface area contributed by atoms with Crippen molar-refractivity contribution in [2.75, 3.05) is 5.32 Å². The molecule has 4 nitrogen and oxygen atoms in total. The zero-order valence-corrected chi connectivity index (χ0v) is 8.50. The standard InChI is InChI=1S/C11H11FN2O2/c12-7-2-1-3-8(6-7)13-11(16)9-4-5-10(15)14-9/h1-3,6,9H,4-5H2,(H,13,16)(H,14,15). The Morgan fingerprint density at radius 2 is 2.31 bits per heavy atom. The van der Waals surface area contributed by atoms with E-state index < -0.39 is 11.9 Å². The summed E-state index contributed by atoms with van der Waals surface area (Å²) in [6.07, 6.45) is 0.848. The highest BCUT2D eigenvalue weighted by atomic mass is 19.1. The van der Waals surface area contributed by atoms with Crippen LogP contribution in [0.25, 0.3) is 0 Å². The summed E-state index contributed by atoms with van der Waals surface area (Å²) in [6.45, 7) is 0. The lowest BCUT2D eigenvalue weighted by molar-refractivity contribution is -0.122. The smallest absolute Gasteiger partial charge is 0.246 e. The molecule has 0 saturated carbocycles. The van der Waals surface area contributed by atoms with Gasteiger partial charge in [-0.15, -0.1) is 0 Å². The SMILES string of the molecule is O=C1CCC(C(=O)Nc2cccc(F)c2)N1. The summed E-state index contributed by atoms with van der Waals surface area (Å²) in [4.78, 5) is 22.5. The lowest BCUT2D eigenvalue weighted by Gasteiger charge is -2.10. The summed E-state index contributed by atoms with van der Waals surface area (Å²) < 4.78 is 12.8. The molecule has 1 aliphatic rings. The van der Waals surface area contributed by atoms with Crippen molar-refractivity contribution in [1.29, 1.82) is 0 Å². The van der Waals surface area contributed by atoms with Gasteiger partial charge in [0.15, 0.2) is 0 Å². The second kappa shape index (κ2) is 4.30. The fourth-order valence-corrected chi connectivity index (χ4v) is 1.61. The van der Waals surface area contributed by atoms with Crippen molar-refractivity contribution in [3.8, 4) is 0 Å². The average molecular weight is 222 g/mol. The van der Waals surface area contributed by atoms with Gasteiger partial charge in [-0.25, -0.2) is 4.39 Å². The first-order valence-corrected chi connectivity index (χ1v) is 5.01. The van der Waals surface area contributed by atoms with E-state index in [4.69, 9.17) is 0 Å². The van der Waals surface area contributed by atoms with Gasteiger partial charge in [0.2, 0.25) is 11.8 Å². The first kappa shape index (κ1) is 10.6. The van der Waals surface area contributed by atoms with Crippen LogP contribution in [0.3, 0.4) is 0 Å². The molecule has 2 rings (SSSR count). The van der Waals surface area contributed by atoms with Crippen LogP contribution >= 0.6 is 0 Å². The topological polar surface area (TPSA) is 58.2 Å². The maximum atomic E-state index is 12.8. The number of hydrogen-bond donors (Lipinski definition) is 2. The Morgan fingerprint density at radius 3 is 2.94 bits per heavy atom. The van der Waals surface area contributed by atoms with Gasteiger partial charge < -0.3 is 10.6 Å². The van der Waals surface area contributed by atoms with E-state index >= 15 is 0 Å². The number of benzene rings is 1. The monoisotopic (exact) mass is 222 g/mol. The van der Waals surface area contributed by atoms with Crippen molar-refractivity contribution >= 4 is 17.5 Å². The summed E-state index contributed by atoms with van der Waals surface area (Å²) in [5.74, 6) is -0.843. The second-order valence-electron chi connectivity index (χ2n) is 3.66. The molecular formula is C11H11FN2O2. The number of anilines is 1. The molecule has 1 unspecified atom stereocenters. The molecule has 5 heteroatoms. The Bertz CT molecular complexity index is 434. The Kier molecular flexibility index (Phi) is 2.85. The molecule has 2 amide bonds. The van der Waals surface area contributed by atoms with Crippen LogP contribution in [0.2, 0.25) is 0 Å². The number of amides is 2. The molecule has 1 aliphatic heterocycles. The molecule has 16 heavy (non-hydrogen) atoms. The number of rotatable bonds is 2. The van der Waals surface area contributed by atoms with E-state index in [1.54, 1.807) is 6.07 Å². The lowest BCUT2D eigenvalue weighted by Crippen LogP contribution is -2.37. The van der Waals surface area contributed by atoms with Crippen molar-refractivity contribution in [2.24, 2.45) is 0 Å².